The van der Waals surface area contributed by atoms with Crippen LogP contribution in [0.25, 0.3) is 0 Å². The first-order valence-corrected chi connectivity index (χ1v) is 10.1. The number of carbonyl (C=O) groups excluding carboxylic acids is 3. The fourth-order valence-electron chi connectivity index (χ4n) is 3.12. The minimum Gasteiger partial charge on any atom is -0.449 e. The molecule has 0 saturated heterocycles. The molecule has 5 nitrogen and oxygen atoms in total. The van der Waals surface area contributed by atoms with Crippen LogP contribution in [-0.2, 0) is 14.3 Å². The molecule has 0 aromatic heterocycles. The summed E-state index contributed by atoms with van der Waals surface area (Å²) in [6, 6.07) is 23.4. The molecular formula is C26H25NO4. The van der Waals surface area contributed by atoms with Gasteiger partial charge in [0.1, 0.15) is 0 Å². The molecule has 0 saturated carbocycles. The molecule has 5 heteroatoms. The lowest BCUT2D eigenvalue weighted by atomic mass is 9.99. The molecule has 0 bridgehead atoms. The molecule has 0 heterocycles. The van der Waals surface area contributed by atoms with Gasteiger partial charge in [-0.1, -0.05) is 72.3 Å². The Morgan fingerprint density at radius 3 is 2.19 bits per heavy atom. The standard InChI is InChI=1S/C26H25NO4/c1-18-11-13-20(14-12-18)25(30)26(21-8-4-3-5-9-21)31-24(29)16-15-23(28)27-22-10-6-7-19(2)17-22/h3-14,17,26H,15-16H2,1-2H3,(H,27,28)/t26-/m1/s1. The van der Waals surface area contributed by atoms with Crippen LogP contribution >= 0.6 is 0 Å². The van der Waals surface area contributed by atoms with Gasteiger partial charge < -0.3 is 10.1 Å². The van der Waals surface area contributed by atoms with Crippen molar-refractivity contribution in [1.29, 1.82) is 0 Å². The SMILES string of the molecule is Cc1ccc(C(=O)[C@H](OC(=O)CCC(=O)Nc2cccc(C)c2)c2ccccc2)cc1. The van der Waals surface area contributed by atoms with Crippen LogP contribution in [0.15, 0.2) is 78.9 Å². The van der Waals surface area contributed by atoms with Gasteiger partial charge in [0, 0.05) is 23.2 Å². The maximum Gasteiger partial charge on any atom is 0.307 e. The molecule has 3 aromatic rings. The number of nitrogens with one attached hydrogen (secondary N) is 1. The van der Waals surface area contributed by atoms with Gasteiger partial charge in [-0.2, -0.15) is 0 Å². The topological polar surface area (TPSA) is 72.5 Å². The molecule has 31 heavy (non-hydrogen) atoms. The number of hydrogen-bond acceptors (Lipinski definition) is 4. The summed E-state index contributed by atoms with van der Waals surface area (Å²) in [7, 11) is 0. The number of benzene rings is 3. The highest BCUT2D eigenvalue weighted by molar-refractivity contribution is 6.01. The molecular weight excluding hydrogens is 390 g/mol. The van der Waals surface area contributed by atoms with Crippen molar-refractivity contribution in [3.05, 3.63) is 101 Å². The summed E-state index contributed by atoms with van der Waals surface area (Å²) < 4.78 is 5.53. The summed E-state index contributed by atoms with van der Waals surface area (Å²) in [5, 5.41) is 2.76. The molecule has 1 amide bonds. The van der Waals surface area contributed by atoms with Crippen LogP contribution in [-0.4, -0.2) is 17.7 Å². The van der Waals surface area contributed by atoms with Gasteiger partial charge in [0.05, 0.1) is 6.42 Å². The Bertz CT molecular complexity index is 1060. The zero-order valence-corrected chi connectivity index (χ0v) is 17.6. The van der Waals surface area contributed by atoms with Crippen LogP contribution in [0, 0.1) is 13.8 Å². The molecule has 0 aliphatic rings. The first-order chi connectivity index (χ1) is 14.9. The predicted molar refractivity (Wildman–Crippen MR) is 120 cm³/mol. The third-order valence-corrected chi connectivity index (χ3v) is 4.78. The van der Waals surface area contributed by atoms with E-state index >= 15 is 0 Å². The lowest BCUT2D eigenvalue weighted by Crippen LogP contribution is -2.21. The normalized spacial score (nSPS) is 11.4. The van der Waals surface area contributed by atoms with Crippen molar-refractivity contribution >= 4 is 23.3 Å². The van der Waals surface area contributed by atoms with Gasteiger partial charge in [-0.3, -0.25) is 14.4 Å². The smallest absolute Gasteiger partial charge is 0.307 e. The first-order valence-electron chi connectivity index (χ1n) is 10.1. The molecule has 3 rings (SSSR count). The van der Waals surface area contributed by atoms with Crippen LogP contribution in [0.4, 0.5) is 5.69 Å². The van der Waals surface area contributed by atoms with Crippen molar-refractivity contribution in [2.24, 2.45) is 0 Å². The van der Waals surface area contributed by atoms with Crippen molar-refractivity contribution in [2.45, 2.75) is 32.8 Å². The zero-order chi connectivity index (χ0) is 22.2. The summed E-state index contributed by atoms with van der Waals surface area (Å²) >= 11 is 0. The number of esters is 1. The van der Waals surface area contributed by atoms with Crippen molar-refractivity contribution in [3.8, 4) is 0 Å². The van der Waals surface area contributed by atoms with Crippen LogP contribution < -0.4 is 5.32 Å². The molecule has 0 aliphatic carbocycles. The Morgan fingerprint density at radius 2 is 1.52 bits per heavy atom. The second-order valence-electron chi connectivity index (χ2n) is 7.43. The molecule has 0 radical (unpaired) electrons. The summed E-state index contributed by atoms with van der Waals surface area (Å²) in [6.45, 7) is 3.87. The Morgan fingerprint density at radius 1 is 0.806 bits per heavy atom. The molecule has 158 valence electrons. The fraction of sp³-hybridized carbons (Fsp3) is 0.192. The van der Waals surface area contributed by atoms with E-state index in [-0.39, 0.29) is 24.5 Å². The highest BCUT2D eigenvalue weighted by Crippen LogP contribution is 2.24. The van der Waals surface area contributed by atoms with Crippen LogP contribution in [0.5, 0.6) is 0 Å². The lowest BCUT2D eigenvalue weighted by molar-refractivity contribution is -0.148. The Hall–Kier alpha value is -3.73. The minimum atomic E-state index is -1.06. The number of hydrogen-bond donors (Lipinski definition) is 1. The lowest BCUT2D eigenvalue weighted by Gasteiger charge is -2.17. The average molecular weight is 415 g/mol. The molecule has 0 spiro atoms. The van der Waals surface area contributed by atoms with E-state index in [1.165, 1.54) is 0 Å². The Kier molecular flexibility index (Phi) is 7.33. The average Bonchev–Trinajstić information content (AvgIpc) is 2.77. The van der Waals surface area contributed by atoms with E-state index in [9.17, 15) is 14.4 Å². The van der Waals surface area contributed by atoms with E-state index < -0.39 is 12.1 Å². The number of Topliss-reactive ketones (excluding diaryl/α,β-unsaturated/α-hetero) is 1. The largest absolute Gasteiger partial charge is 0.449 e. The van der Waals surface area contributed by atoms with Gasteiger partial charge in [0.15, 0.2) is 6.10 Å². The van der Waals surface area contributed by atoms with Gasteiger partial charge in [-0.25, -0.2) is 0 Å². The fourth-order valence-corrected chi connectivity index (χ4v) is 3.12. The van der Waals surface area contributed by atoms with E-state index in [4.69, 9.17) is 4.74 Å². The summed E-state index contributed by atoms with van der Waals surface area (Å²) in [5.41, 5.74) is 3.78. The van der Waals surface area contributed by atoms with Crippen molar-refractivity contribution < 1.29 is 19.1 Å². The predicted octanol–water partition coefficient (Wildman–Crippen LogP) is 5.19. The molecule has 0 fully saturated rings. The summed E-state index contributed by atoms with van der Waals surface area (Å²) in [4.78, 5) is 37.7. The van der Waals surface area contributed by atoms with Crippen LogP contribution in [0.1, 0.15) is 46.0 Å². The number of ketones is 1. The van der Waals surface area contributed by atoms with Crippen LogP contribution in [0.3, 0.4) is 0 Å². The maximum atomic E-state index is 13.0. The number of anilines is 1. The number of aryl methyl sites for hydroxylation is 2. The van der Waals surface area contributed by atoms with Crippen molar-refractivity contribution in [2.75, 3.05) is 5.32 Å². The van der Waals surface area contributed by atoms with Gasteiger partial charge >= 0.3 is 5.97 Å². The first kappa shape index (κ1) is 22.0. The monoisotopic (exact) mass is 415 g/mol. The van der Waals surface area contributed by atoms with Crippen LogP contribution in [0.2, 0.25) is 0 Å². The van der Waals surface area contributed by atoms with E-state index in [0.717, 1.165) is 11.1 Å². The maximum absolute atomic E-state index is 13.0. The second-order valence-corrected chi connectivity index (χ2v) is 7.43. The van der Waals surface area contributed by atoms with E-state index in [1.54, 1.807) is 42.5 Å². The van der Waals surface area contributed by atoms with Crippen molar-refractivity contribution in [3.63, 3.8) is 0 Å². The number of rotatable bonds is 8. The highest BCUT2D eigenvalue weighted by atomic mass is 16.5. The summed E-state index contributed by atoms with van der Waals surface area (Å²) in [6.07, 6.45) is -1.22. The zero-order valence-electron chi connectivity index (χ0n) is 17.6. The van der Waals surface area contributed by atoms with Gasteiger partial charge in [-0.15, -0.1) is 0 Å². The number of amides is 1. The van der Waals surface area contributed by atoms with E-state index in [1.807, 2.05) is 50.2 Å². The second kappa shape index (κ2) is 10.3. The molecule has 0 unspecified atom stereocenters. The highest BCUT2D eigenvalue weighted by Gasteiger charge is 2.26. The quantitative estimate of drug-likeness (QED) is 0.406. The molecule has 1 atom stereocenters. The van der Waals surface area contributed by atoms with Crippen molar-refractivity contribution in [1.82, 2.24) is 0 Å². The minimum absolute atomic E-state index is 0.0347. The van der Waals surface area contributed by atoms with E-state index in [2.05, 4.69) is 5.32 Å². The van der Waals surface area contributed by atoms with Gasteiger partial charge in [-0.05, 0) is 31.5 Å². The van der Waals surface area contributed by atoms with Gasteiger partial charge in [0.2, 0.25) is 11.7 Å². The molecule has 0 aliphatic heterocycles. The number of carbonyl (C=O) groups is 3. The Labute approximate surface area is 182 Å². The third-order valence-electron chi connectivity index (χ3n) is 4.78. The van der Waals surface area contributed by atoms with Gasteiger partial charge in [0.25, 0.3) is 0 Å². The third kappa shape index (κ3) is 6.37. The molecule has 1 N–H and O–H groups in total. The number of ether oxygens (including phenoxy) is 1. The Balaban J connectivity index is 1.65. The summed E-state index contributed by atoms with van der Waals surface area (Å²) in [5.74, 6) is -1.19. The molecule has 3 aromatic carbocycles. The van der Waals surface area contributed by atoms with E-state index in [0.29, 0.717) is 16.8 Å².